The van der Waals surface area contributed by atoms with Gasteiger partial charge in [-0.15, -0.1) is 0 Å². The van der Waals surface area contributed by atoms with Gasteiger partial charge in [0.2, 0.25) is 5.91 Å². The van der Waals surface area contributed by atoms with Gasteiger partial charge in [0.05, 0.1) is 18.2 Å². The minimum atomic E-state index is -0.105. The molecule has 1 N–H and O–H groups in total. The predicted molar refractivity (Wildman–Crippen MR) is 97.4 cm³/mol. The number of hydrogen-bond donors (Lipinski definition) is 1. The van der Waals surface area contributed by atoms with Crippen molar-refractivity contribution in [2.45, 2.75) is 25.8 Å². The Morgan fingerprint density at radius 1 is 1.27 bits per heavy atom. The second-order valence-corrected chi connectivity index (χ2v) is 7.19. The largest absolute Gasteiger partial charge is 0.336 e. The standard InChI is InChI=1S/C19H23N5O2/c1-23-9-2-3-14(11-23)19(26)24-10-6-15-16(12-24)21-17(22-18(15)25)13-4-7-20-8-5-13/h4-5,7-8,14H,2-3,6,9-12H2,1H3,(H,21,22,25)/t14-/m1/s1. The van der Waals surface area contributed by atoms with Gasteiger partial charge in [0.1, 0.15) is 5.82 Å². The van der Waals surface area contributed by atoms with Gasteiger partial charge in [-0.25, -0.2) is 4.98 Å². The van der Waals surface area contributed by atoms with E-state index in [2.05, 4.69) is 26.9 Å². The molecule has 7 nitrogen and oxygen atoms in total. The first-order chi connectivity index (χ1) is 12.6. The monoisotopic (exact) mass is 353 g/mol. The van der Waals surface area contributed by atoms with Crippen LogP contribution in [-0.4, -0.2) is 57.3 Å². The molecule has 0 aromatic carbocycles. The molecule has 2 aromatic rings. The number of rotatable bonds is 2. The molecule has 0 spiro atoms. The summed E-state index contributed by atoms with van der Waals surface area (Å²) in [5.74, 6) is 0.773. The van der Waals surface area contributed by atoms with Crippen LogP contribution in [0.2, 0.25) is 0 Å². The van der Waals surface area contributed by atoms with Crippen LogP contribution in [0, 0.1) is 5.92 Å². The van der Waals surface area contributed by atoms with Crippen molar-refractivity contribution < 1.29 is 4.79 Å². The number of aromatic nitrogens is 3. The normalized spacial score (nSPS) is 20.7. The first-order valence-electron chi connectivity index (χ1n) is 9.11. The average molecular weight is 353 g/mol. The van der Waals surface area contributed by atoms with Gasteiger partial charge in [-0.3, -0.25) is 14.6 Å². The van der Waals surface area contributed by atoms with E-state index in [9.17, 15) is 9.59 Å². The third-order valence-corrected chi connectivity index (χ3v) is 5.31. The van der Waals surface area contributed by atoms with Crippen LogP contribution in [-0.2, 0) is 17.8 Å². The zero-order chi connectivity index (χ0) is 18.1. The van der Waals surface area contributed by atoms with Crippen molar-refractivity contribution in [3.05, 3.63) is 46.1 Å². The average Bonchev–Trinajstić information content (AvgIpc) is 2.67. The van der Waals surface area contributed by atoms with Crippen molar-refractivity contribution in [1.82, 2.24) is 24.8 Å². The number of fused-ring (bicyclic) bond motifs is 1. The Morgan fingerprint density at radius 3 is 2.85 bits per heavy atom. The first-order valence-corrected chi connectivity index (χ1v) is 9.11. The number of H-pyrrole nitrogens is 1. The summed E-state index contributed by atoms with van der Waals surface area (Å²) in [6, 6.07) is 3.63. The highest BCUT2D eigenvalue weighted by Crippen LogP contribution is 2.23. The summed E-state index contributed by atoms with van der Waals surface area (Å²) in [5, 5.41) is 0. The maximum Gasteiger partial charge on any atom is 0.254 e. The Hall–Kier alpha value is -2.54. The van der Waals surface area contributed by atoms with Crippen LogP contribution in [0.3, 0.4) is 0 Å². The maximum atomic E-state index is 12.9. The summed E-state index contributed by atoms with van der Waals surface area (Å²) in [6.45, 7) is 2.87. The fourth-order valence-corrected chi connectivity index (χ4v) is 3.90. The fourth-order valence-electron chi connectivity index (χ4n) is 3.90. The zero-order valence-corrected chi connectivity index (χ0v) is 14.9. The molecule has 1 fully saturated rings. The highest BCUT2D eigenvalue weighted by Gasteiger charge is 2.31. The third kappa shape index (κ3) is 3.26. The minimum Gasteiger partial charge on any atom is -0.336 e. The number of likely N-dealkylation sites (tertiary alicyclic amines) is 1. The molecular formula is C19H23N5O2. The molecule has 4 rings (SSSR count). The van der Waals surface area contributed by atoms with Gasteiger partial charge in [0.25, 0.3) is 5.56 Å². The fraction of sp³-hybridized carbons (Fsp3) is 0.474. The van der Waals surface area contributed by atoms with Crippen LogP contribution in [0.4, 0.5) is 0 Å². The second-order valence-electron chi connectivity index (χ2n) is 7.19. The van der Waals surface area contributed by atoms with Gasteiger partial charge in [-0.05, 0) is 45.0 Å². The van der Waals surface area contributed by atoms with Crippen LogP contribution in [0.5, 0.6) is 0 Å². The van der Waals surface area contributed by atoms with Gasteiger partial charge in [0.15, 0.2) is 0 Å². The molecule has 0 unspecified atom stereocenters. The number of pyridine rings is 1. The Labute approximate surface area is 152 Å². The molecule has 7 heteroatoms. The van der Waals surface area contributed by atoms with E-state index in [4.69, 9.17) is 0 Å². The number of amides is 1. The van der Waals surface area contributed by atoms with Crippen molar-refractivity contribution in [1.29, 1.82) is 0 Å². The Kier molecular flexibility index (Phi) is 4.55. The van der Waals surface area contributed by atoms with E-state index in [1.165, 1.54) is 0 Å². The van der Waals surface area contributed by atoms with Gasteiger partial charge in [-0.2, -0.15) is 0 Å². The molecule has 4 heterocycles. The predicted octanol–water partition coefficient (Wildman–Crippen LogP) is 1.06. The molecule has 1 amide bonds. The zero-order valence-electron chi connectivity index (χ0n) is 14.9. The number of carbonyl (C=O) groups excluding carboxylic acids is 1. The molecule has 26 heavy (non-hydrogen) atoms. The van der Waals surface area contributed by atoms with Crippen LogP contribution < -0.4 is 5.56 Å². The lowest BCUT2D eigenvalue weighted by atomic mass is 9.95. The molecule has 0 aliphatic carbocycles. The molecule has 0 bridgehead atoms. The van der Waals surface area contributed by atoms with Crippen molar-refractivity contribution in [2.75, 3.05) is 26.7 Å². The summed E-state index contributed by atoms with van der Waals surface area (Å²) in [7, 11) is 2.06. The van der Waals surface area contributed by atoms with Crippen molar-refractivity contribution >= 4 is 5.91 Å². The summed E-state index contributed by atoms with van der Waals surface area (Å²) < 4.78 is 0. The van der Waals surface area contributed by atoms with Gasteiger partial charge < -0.3 is 14.8 Å². The van der Waals surface area contributed by atoms with E-state index in [0.717, 1.165) is 31.5 Å². The summed E-state index contributed by atoms with van der Waals surface area (Å²) in [4.78, 5) is 41.0. The Balaban J connectivity index is 1.58. The highest BCUT2D eigenvalue weighted by molar-refractivity contribution is 5.79. The lowest BCUT2D eigenvalue weighted by Gasteiger charge is -2.35. The highest BCUT2D eigenvalue weighted by atomic mass is 16.2. The van der Waals surface area contributed by atoms with Crippen LogP contribution in [0.1, 0.15) is 24.1 Å². The maximum absolute atomic E-state index is 12.9. The van der Waals surface area contributed by atoms with Gasteiger partial charge in [0, 0.05) is 36.6 Å². The SMILES string of the molecule is CN1CCC[C@@H](C(=O)N2CCc3c(nc(-c4ccncc4)[nH]c3=O)C2)C1. The molecule has 2 aliphatic heterocycles. The van der Waals surface area contributed by atoms with Crippen molar-refractivity contribution in [3.8, 4) is 11.4 Å². The molecule has 0 saturated carbocycles. The van der Waals surface area contributed by atoms with E-state index in [1.54, 1.807) is 12.4 Å². The van der Waals surface area contributed by atoms with Crippen molar-refractivity contribution in [3.63, 3.8) is 0 Å². The quantitative estimate of drug-likeness (QED) is 0.873. The van der Waals surface area contributed by atoms with Crippen molar-refractivity contribution in [2.24, 2.45) is 5.92 Å². The molecule has 136 valence electrons. The smallest absolute Gasteiger partial charge is 0.254 e. The molecule has 1 atom stereocenters. The first kappa shape index (κ1) is 16.9. The van der Waals surface area contributed by atoms with Gasteiger partial charge in [-0.1, -0.05) is 0 Å². The lowest BCUT2D eigenvalue weighted by Crippen LogP contribution is -2.46. The van der Waals surface area contributed by atoms with Gasteiger partial charge >= 0.3 is 0 Å². The van der Waals surface area contributed by atoms with E-state index in [1.807, 2.05) is 17.0 Å². The Bertz CT molecular complexity index is 864. The molecule has 1 saturated heterocycles. The topological polar surface area (TPSA) is 82.2 Å². The second kappa shape index (κ2) is 6.99. The summed E-state index contributed by atoms with van der Waals surface area (Å²) in [6.07, 6.45) is 5.90. The third-order valence-electron chi connectivity index (χ3n) is 5.31. The molecule has 2 aromatic heterocycles. The van der Waals surface area contributed by atoms with E-state index in [-0.39, 0.29) is 17.4 Å². The summed E-state index contributed by atoms with van der Waals surface area (Å²) in [5.41, 5.74) is 2.13. The Morgan fingerprint density at radius 2 is 2.08 bits per heavy atom. The number of aromatic amines is 1. The molecule has 0 radical (unpaired) electrons. The summed E-state index contributed by atoms with van der Waals surface area (Å²) >= 11 is 0. The van der Waals surface area contributed by atoms with Crippen LogP contribution >= 0.6 is 0 Å². The van der Waals surface area contributed by atoms with E-state index in [0.29, 0.717) is 36.6 Å². The molecule has 2 aliphatic rings. The number of piperidine rings is 1. The molecular weight excluding hydrogens is 330 g/mol. The number of hydrogen-bond acceptors (Lipinski definition) is 5. The number of nitrogens with one attached hydrogen (secondary N) is 1. The lowest BCUT2D eigenvalue weighted by molar-refractivity contribution is -0.138. The number of nitrogens with zero attached hydrogens (tertiary/aromatic N) is 4. The number of carbonyl (C=O) groups is 1. The van der Waals surface area contributed by atoms with Crippen LogP contribution in [0.15, 0.2) is 29.3 Å². The van der Waals surface area contributed by atoms with E-state index >= 15 is 0 Å². The minimum absolute atomic E-state index is 0.0527. The van der Waals surface area contributed by atoms with E-state index < -0.39 is 0 Å². The van der Waals surface area contributed by atoms with Crippen LogP contribution in [0.25, 0.3) is 11.4 Å².